The normalized spacial score (nSPS) is 14.5. The van der Waals surface area contributed by atoms with Gasteiger partial charge in [-0.1, -0.05) is 152 Å². The molecule has 0 spiro atoms. The first-order valence-corrected chi connectivity index (χ1v) is 23.8. The lowest BCUT2D eigenvalue weighted by molar-refractivity contribution is 0.102. The second kappa shape index (κ2) is 14.9. The lowest BCUT2D eigenvalue weighted by Gasteiger charge is -2.26. The predicted molar refractivity (Wildman–Crippen MR) is 287 cm³/mol. The van der Waals surface area contributed by atoms with Crippen molar-refractivity contribution in [2.45, 2.75) is 20.0 Å². The van der Waals surface area contributed by atoms with Crippen molar-refractivity contribution in [1.82, 2.24) is 0 Å². The highest BCUT2D eigenvalue weighted by molar-refractivity contribution is 6.33. The number of hydrogen-bond donors (Lipinski definition) is 1. The fourth-order valence-corrected chi connectivity index (χ4v) is 11.9. The third-order valence-electron chi connectivity index (χ3n) is 15.1. The van der Waals surface area contributed by atoms with E-state index in [4.69, 9.17) is 0 Å². The van der Waals surface area contributed by atoms with E-state index in [1.807, 2.05) is 24.3 Å². The molecule has 3 aliphatic carbocycles. The van der Waals surface area contributed by atoms with Gasteiger partial charge in [-0.3, -0.25) is 4.79 Å². The number of rotatable bonds is 6. The summed E-state index contributed by atoms with van der Waals surface area (Å²) < 4.78 is 0. The molecule has 3 heteroatoms. The molecule has 0 aliphatic heterocycles. The number of aryl methyl sites for hydroxylation is 2. The highest BCUT2D eigenvalue weighted by Gasteiger charge is 2.36. The van der Waals surface area contributed by atoms with Gasteiger partial charge in [0.25, 0.3) is 0 Å². The molecule has 1 atom stereocenters. The Balaban J connectivity index is 1.03. The van der Waals surface area contributed by atoms with E-state index in [1.54, 1.807) is 6.07 Å². The van der Waals surface area contributed by atoms with E-state index in [9.17, 15) is 9.90 Å². The minimum atomic E-state index is -0.946. The van der Waals surface area contributed by atoms with Crippen LogP contribution < -0.4 is 4.90 Å². The van der Waals surface area contributed by atoms with Crippen LogP contribution in [0, 0.1) is 13.8 Å². The predicted octanol–water partition coefficient (Wildman–Crippen LogP) is 17.2. The number of anilines is 3. The van der Waals surface area contributed by atoms with Crippen molar-refractivity contribution >= 4 is 61.2 Å². The number of ketones is 1. The minimum absolute atomic E-state index is 0.113. The highest BCUT2D eigenvalue weighted by atomic mass is 16.3. The van der Waals surface area contributed by atoms with E-state index in [1.165, 1.54) is 105 Å². The van der Waals surface area contributed by atoms with E-state index in [-0.39, 0.29) is 5.78 Å². The molecular weight excluding hydrogens is 839 g/mol. The van der Waals surface area contributed by atoms with E-state index in [0.29, 0.717) is 16.7 Å². The molecule has 0 amide bonds. The monoisotopic (exact) mass is 881 g/mol. The van der Waals surface area contributed by atoms with Gasteiger partial charge in [0.2, 0.25) is 0 Å². The van der Waals surface area contributed by atoms with Gasteiger partial charge >= 0.3 is 0 Å². The molecule has 0 saturated heterocycles. The van der Waals surface area contributed by atoms with Crippen LogP contribution >= 0.6 is 0 Å². The summed E-state index contributed by atoms with van der Waals surface area (Å²) in [6.45, 7) is 4.48. The van der Waals surface area contributed by atoms with Gasteiger partial charge in [0, 0.05) is 28.2 Å². The maximum Gasteiger partial charge on any atom is 0.192 e. The maximum atomic E-state index is 13.5. The summed E-state index contributed by atoms with van der Waals surface area (Å²) in [7, 11) is 0. The number of aliphatic hydroxyl groups excluding tert-OH is 1. The fraction of sp³-hybridized carbons (Fsp3) is 0.0455. The zero-order chi connectivity index (χ0) is 46.1. The molecule has 11 aromatic rings. The van der Waals surface area contributed by atoms with Crippen LogP contribution in [0.1, 0.15) is 38.7 Å². The molecule has 69 heavy (non-hydrogen) atoms. The number of fused-ring (bicyclic) bond motifs is 9. The molecule has 0 fully saturated rings. The van der Waals surface area contributed by atoms with Crippen LogP contribution in [0.25, 0.3) is 105 Å². The smallest absolute Gasteiger partial charge is 0.192 e. The van der Waals surface area contributed by atoms with Crippen LogP contribution in [0.2, 0.25) is 0 Å². The molecule has 324 valence electrons. The standard InChI is InChI=1S/C66H43NO2/c1-38-15-9-11-21-46(38)59-56-36-41-26-27-45(67(43-17-5-3-6-18-43)44-19-7-4-8-20-44)35-42(41)37-57(56)60(47-22-12-10-16-39(47)2)64-54-32-30-50-55-33-40(34-58-65(68)51-23-13-14-24-52(51)66(58)69)25-28-48(55)49-29-31-53(63(59)64)62(54)61(49)50/h3-37,65,68H,1-2H3/b58-34-. The lowest BCUT2D eigenvalue weighted by atomic mass is 9.80. The van der Waals surface area contributed by atoms with Crippen LogP contribution in [-0.2, 0) is 0 Å². The first kappa shape index (κ1) is 39.5. The van der Waals surface area contributed by atoms with Gasteiger partial charge in [0.15, 0.2) is 5.78 Å². The molecule has 0 heterocycles. The van der Waals surface area contributed by atoms with Crippen LogP contribution in [0.3, 0.4) is 0 Å². The van der Waals surface area contributed by atoms with Gasteiger partial charge in [-0.2, -0.15) is 0 Å². The van der Waals surface area contributed by atoms with Crippen molar-refractivity contribution in [2.24, 2.45) is 0 Å². The molecule has 0 aromatic heterocycles. The third-order valence-corrected chi connectivity index (χ3v) is 15.1. The second-order valence-corrected chi connectivity index (χ2v) is 18.9. The van der Waals surface area contributed by atoms with Crippen molar-refractivity contribution in [3.63, 3.8) is 0 Å². The number of nitrogens with zero attached hydrogens (tertiary/aromatic N) is 1. The van der Waals surface area contributed by atoms with Gasteiger partial charge in [-0.05, 0) is 196 Å². The van der Waals surface area contributed by atoms with Crippen molar-refractivity contribution in [1.29, 1.82) is 0 Å². The summed E-state index contributed by atoms with van der Waals surface area (Å²) in [4.78, 5) is 15.9. The van der Waals surface area contributed by atoms with Crippen molar-refractivity contribution in [3.05, 3.63) is 240 Å². The van der Waals surface area contributed by atoms with Crippen molar-refractivity contribution in [2.75, 3.05) is 4.90 Å². The number of carbonyl (C=O) groups excluding carboxylic acids is 1. The molecular formula is C66H43NO2. The average molecular weight is 882 g/mol. The molecule has 1 N–H and O–H groups in total. The van der Waals surface area contributed by atoms with Gasteiger partial charge in [0.05, 0.1) is 0 Å². The number of hydrogen-bond acceptors (Lipinski definition) is 3. The molecule has 0 saturated carbocycles. The Hall–Kier alpha value is -8.63. The van der Waals surface area contributed by atoms with E-state index in [0.717, 1.165) is 28.2 Å². The molecule has 0 bridgehead atoms. The number of benzene rings is 11. The summed E-state index contributed by atoms with van der Waals surface area (Å²) in [6, 6.07) is 74.1. The Kier molecular flexibility index (Phi) is 8.56. The Bertz CT molecular complexity index is 4030. The summed E-state index contributed by atoms with van der Waals surface area (Å²) in [5.41, 5.74) is 23.1. The van der Waals surface area contributed by atoms with Crippen molar-refractivity contribution in [3.8, 4) is 66.8 Å². The summed E-state index contributed by atoms with van der Waals surface area (Å²) in [6.07, 6.45) is 0.933. The first-order chi connectivity index (χ1) is 33.9. The van der Waals surface area contributed by atoms with Crippen LogP contribution in [0.4, 0.5) is 17.1 Å². The van der Waals surface area contributed by atoms with Crippen LogP contribution in [-0.4, -0.2) is 10.9 Å². The van der Waals surface area contributed by atoms with E-state index < -0.39 is 6.10 Å². The minimum Gasteiger partial charge on any atom is -0.383 e. The second-order valence-electron chi connectivity index (χ2n) is 18.9. The van der Waals surface area contributed by atoms with Gasteiger partial charge in [0.1, 0.15) is 6.10 Å². The first-order valence-electron chi connectivity index (χ1n) is 23.8. The molecule has 11 aromatic carbocycles. The Morgan fingerprint density at radius 3 is 1.52 bits per heavy atom. The molecule has 14 rings (SSSR count). The largest absolute Gasteiger partial charge is 0.383 e. The van der Waals surface area contributed by atoms with E-state index in [2.05, 4.69) is 201 Å². The Labute approximate surface area is 400 Å². The highest BCUT2D eigenvalue weighted by Crippen LogP contribution is 2.62. The molecule has 3 nitrogen and oxygen atoms in total. The van der Waals surface area contributed by atoms with Gasteiger partial charge < -0.3 is 10.0 Å². The summed E-state index contributed by atoms with van der Waals surface area (Å²) in [5.74, 6) is -0.113. The number of Topliss-reactive ketones (excluding diaryl/α,β-unsaturated/α-hetero) is 1. The number of para-hydroxylation sites is 2. The summed E-state index contributed by atoms with van der Waals surface area (Å²) >= 11 is 0. The maximum absolute atomic E-state index is 13.5. The van der Waals surface area contributed by atoms with Crippen LogP contribution in [0.15, 0.2) is 212 Å². The Morgan fingerprint density at radius 2 is 0.913 bits per heavy atom. The van der Waals surface area contributed by atoms with Crippen LogP contribution in [0.5, 0.6) is 0 Å². The topological polar surface area (TPSA) is 40.5 Å². The zero-order valence-electron chi connectivity index (χ0n) is 38.1. The van der Waals surface area contributed by atoms with E-state index >= 15 is 0 Å². The third kappa shape index (κ3) is 5.75. The van der Waals surface area contributed by atoms with Crippen molar-refractivity contribution < 1.29 is 9.90 Å². The lowest BCUT2D eigenvalue weighted by Crippen LogP contribution is -2.09. The van der Waals surface area contributed by atoms with Gasteiger partial charge in [-0.25, -0.2) is 0 Å². The zero-order valence-corrected chi connectivity index (χ0v) is 38.1. The number of carbonyl (C=O) groups is 1. The quantitative estimate of drug-likeness (QED) is 0.134. The summed E-state index contributed by atoms with van der Waals surface area (Å²) in [5, 5.41) is 18.6. The SMILES string of the molecule is Cc1ccccc1-c1c2c(c(-c3ccccc3C)c3cc4cc(N(c5ccccc5)c5ccccc5)ccc4cc13)-c1ccc3c4c(ccc-2c14)-c1ccc(/C=C2\C(=O)c4ccccc4C2O)cc1-3. The Morgan fingerprint density at radius 1 is 0.406 bits per heavy atom. The van der Waals surface area contributed by atoms with Gasteiger partial charge in [-0.15, -0.1) is 0 Å². The number of aliphatic hydroxyl groups is 1. The fourth-order valence-electron chi connectivity index (χ4n) is 11.9. The molecule has 1 unspecified atom stereocenters. The molecule has 3 aliphatic rings. The average Bonchev–Trinajstić information content (AvgIpc) is 3.97. The molecule has 0 radical (unpaired) electrons.